The molecule has 0 bridgehead atoms. The Labute approximate surface area is 131 Å². The highest BCUT2D eigenvalue weighted by molar-refractivity contribution is 6.14. The molecule has 0 saturated carbocycles. The number of Topliss-reactive ketones (excluding diaryl/α,β-unsaturated/α-hetero) is 1. The maximum atomic E-state index is 12.2. The number of carbonyl (C=O) groups excluding carboxylic acids is 1. The molecule has 0 heterocycles. The highest BCUT2D eigenvalue weighted by Crippen LogP contribution is 2.36. The molecule has 1 aromatic carbocycles. The predicted molar refractivity (Wildman–Crippen MR) is 88.3 cm³/mol. The second-order valence-corrected chi connectivity index (χ2v) is 7.19. The number of nitrogens with zero attached hydrogens (tertiary/aromatic N) is 1. The van der Waals surface area contributed by atoms with Crippen molar-refractivity contribution in [1.82, 2.24) is 0 Å². The van der Waals surface area contributed by atoms with Crippen molar-refractivity contribution in [3.05, 3.63) is 46.7 Å². The van der Waals surface area contributed by atoms with Crippen molar-refractivity contribution in [1.29, 1.82) is 0 Å². The van der Waals surface area contributed by atoms with E-state index < -0.39 is 0 Å². The van der Waals surface area contributed by atoms with Crippen LogP contribution in [0.1, 0.15) is 56.7 Å². The summed E-state index contributed by atoms with van der Waals surface area (Å²) in [5.41, 5.74) is 2.86. The zero-order valence-electron chi connectivity index (χ0n) is 13.3. The molecule has 1 atom stereocenters. The van der Waals surface area contributed by atoms with Gasteiger partial charge < -0.3 is 5.11 Å². The molecule has 116 valence electrons. The van der Waals surface area contributed by atoms with Gasteiger partial charge in [-0.3, -0.25) is 9.79 Å². The van der Waals surface area contributed by atoms with Crippen molar-refractivity contribution in [2.45, 2.75) is 52.0 Å². The molecule has 3 heteroatoms. The van der Waals surface area contributed by atoms with E-state index in [1.807, 2.05) is 19.9 Å². The monoisotopic (exact) mass is 297 g/mol. The number of aliphatic hydroxyl groups excluding tert-OH is 1. The molecule has 0 unspecified atom stereocenters. The number of aliphatic imine (C=N–C) groups is 1. The van der Waals surface area contributed by atoms with E-state index in [4.69, 9.17) is 0 Å². The quantitative estimate of drug-likeness (QED) is 0.826. The molecule has 2 aliphatic rings. The summed E-state index contributed by atoms with van der Waals surface area (Å²) in [6.07, 6.45) is 5.84. The van der Waals surface area contributed by atoms with Gasteiger partial charge in [-0.05, 0) is 35.8 Å². The van der Waals surface area contributed by atoms with Crippen LogP contribution < -0.4 is 0 Å². The Bertz CT molecular complexity index is 655. The van der Waals surface area contributed by atoms with E-state index in [9.17, 15) is 9.90 Å². The van der Waals surface area contributed by atoms with Crippen LogP contribution in [0.4, 0.5) is 0 Å². The third-order valence-corrected chi connectivity index (χ3v) is 4.62. The first-order valence-electron chi connectivity index (χ1n) is 8.02. The molecule has 0 radical (unpaired) electrons. The molecule has 1 N–H and O–H groups in total. The Balaban J connectivity index is 1.85. The Hall–Kier alpha value is -1.90. The highest BCUT2D eigenvalue weighted by Gasteiger charge is 2.32. The van der Waals surface area contributed by atoms with Crippen molar-refractivity contribution in [3.63, 3.8) is 0 Å². The fourth-order valence-electron chi connectivity index (χ4n) is 3.50. The zero-order valence-corrected chi connectivity index (χ0v) is 13.3. The summed E-state index contributed by atoms with van der Waals surface area (Å²) in [7, 11) is 0. The summed E-state index contributed by atoms with van der Waals surface area (Å²) < 4.78 is 0. The Morgan fingerprint density at radius 3 is 2.82 bits per heavy atom. The van der Waals surface area contributed by atoms with E-state index in [0.29, 0.717) is 18.4 Å². The van der Waals surface area contributed by atoms with Crippen LogP contribution >= 0.6 is 0 Å². The minimum atomic E-state index is -0.157. The zero-order chi connectivity index (χ0) is 15.7. The Morgan fingerprint density at radius 2 is 2.05 bits per heavy atom. The van der Waals surface area contributed by atoms with Gasteiger partial charge in [0.05, 0.1) is 11.6 Å². The van der Waals surface area contributed by atoms with E-state index in [2.05, 4.69) is 23.2 Å². The lowest BCUT2D eigenvalue weighted by Gasteiger charge is -2.28. The Morgan fingerprint density at radius 1 is 1.27 bits per heavy atom. The van der Waals surface area contributed by atoms with E-state index in [0.717, 1.165) is 19.3 Å². The topological polar surface area (TPSA) is 49.7 Å². The molecule has 3 rings (SSSR count). The average molecular weight is 297 g/mol. The Kier molecular flexibility index (Phi) is 3.90. The standard InChI is InChI=1S/C19H23NO2/c1-19(2)10-17(21)15(18(22)11-19)12-20-16-9-5-7-13-6-3-4-8-14(13)16/h3-4,6,8,12,16,21H,5,7,9-11H2,1-2H3/t16-/m1/s1. The van der Waals surface area contributed by atoms with Gasteiger partial charge in [-0.25, -0.2) is 0 Å². The maximum absolute atomic E-state index is 12.2. The van der Waals surface area contributed by atoms with Crippen LogP contribution in [0.25, 0.3) is 0 Å². The summed E-state index contributed by atoms with van der Waals surface area (Å²) in [5, 5.41) is 10.2. The summed E-state index contributed by atoms with van der Waals surface area (Å²) in [6, 6.07) is 8.48. The smallest absolute Gasteiger partial charge is 0.168 e. The van der Waals surface area contributed by atoms with E-state index in [1.54, 1.807) is 6.21 Å². The second kappa shape index (κ2) is 5.71. The second-order valence-electron chi connectivity index (χ2n) is 7.19. The molecule has 0 aromatic heterocycles. The first-order valence-corrected chi connectivity index (χ1v) is 8.02. The van der Waals surface area contributed by atoms with Gasteiger partial charge in [-0.2, -0.15) is 0 Å². The average Bonchev–Trinajstić information content (AvgIpc) is 2.45. The van der Waals surface area contributed by atoms with Crippen LogP contribution in [-0.4, -0.2) is 17.1 Å². The molecular weight excluding hydrogens is 274 g/mol. The molecule has 0 amide bonds. The number of aryl methyl sites for hydroxylation is 1. The van der Waals surface area contributed by atoms with Crippen LogP contribution in [-0.2, 0) is 11.2 Å². The molecule has 2 aliphatic carbocycles. The first-order chi connectivity index (χ1) is 10.5. The van der Waals surface area contributed by atoms with Gasteiger partial charge in [0.15, 0.2) is 5.78 Å². The van der Waals surface area contributed by atoms with Crippen LogP contribution in [0.15, 0.2) is 40.6 Å². The lowest BCUT2D eigenvalue weighted by atomic mass is 9.77. The van der Waals surface area contributed by atoms with Crippen molar-refractivity contribution in [2.75, 3.05) is 0 Å². The van der Waals surface area contributed by atoms with Gasteiger partial charge >= 0.3 is 0 Å². The number of fused-ring (bicyclic) bond motifs is 1. The number of carbonyl (C=O) groups is 1. The number of ketones is 1. The highest BCUT2D eigenvalue weighted by atomic mass is 16.3. The van der Waals surface area contributed by atoms with Crippen LogP contribution in [0.3, 0.4) is 0 Å². The molecule has 0 spiro atoms. The molecule has 0 saturated heterocycles. The molecule has 3 nitrogen and oxygen atoms in total. The van der Waals surface area contributed by atoms with Gasteiger partial charge in [-0.1, -0.05) is 38.1 Å². The number of benzene rings is 1. The van der Waals surface area contributed by atoms with Crippen molar-refractivity contribution in [3.8, 4) is 0 Å². The summed E-state index contributed by atoms with van der Waals surface area (Å²) in [4.78, 5) is 16.9. The minimum absolute atomic E-state index is 0.00148. The fraction of sp³-hybridized carbons (Fsp3) is 0.474. The lowest BCUT2D eigenvalue weighted by Crippen LogP contribution is -2.26. The van der Waals surface area contributed by atoms with E-state index >= 15 is 0 Å². The van der Waals surface area contributed by atoms with Gasteiger partial charge in [0.25, 0.3) is 0 Å². The number of allylic oxidation sites excluding steroid dienone is 2. The molecule has 1 aromatic rings. The van der Waals surface area contributed by atoms with Gasteiger partial charge in [0.2, 0.25) is 0 Å². The van der Waals surface area contributed by atoms with Crippen LogP contribution in [0.5, 0.6) is 0 Å². The van der Waals surface area contributed by atoms with Gasteiger partial charge in [0.1, 0.15) is 5.76 Å². The van der Waals surface area contributed by atoms with Crippen LogP contribution in [0.2, 0.25) is 0 Å². The number of hydrogen-bond donors (Lipinski definition) is 1. The third kappa shape index (κ3) is 2.99. The molecular formula is C19H23NO2. The minimum Gasteiger partial charge on any atom is -0.511 e. The van der Waals surface area contributed by atoms with Crippen molar-refractivity contribution >= 4 is 12.0 Å². The normalized spacial score (nSPS) is 24.6. The summed E-state index contributed by atoms with van der Waals surface area (Å²) >= 11 is 0. The SMILES string of the molecule is CC1(C)CC(=O)C(C=N[C@@H]2CCCc3ccccc32)=C(O)C1. The predicted octanol–water partition coefficient (Wildman–Crippen LogP) is 4.34. The lowest BCUT2D eigenvalue weighted by molar-refractivity contribution is -0.117. The fourth-order valence-corrected chi connectivity index (χ4v) is 3.50. The summed E-state index contributed by atoms with van der Waals surface area (Å²) in [6.45, 7) is 4.01. The van der Waals surface area contributed by atoms with E-state index in [-0.39, 0.29) is 23.0 Å². The van der Waals surface area contributed by atoms with Crippen molar-refractivity contribution in [2.24, 2.45) is 10.4 Å². The molecule has 22 heavy (non-hydrogen) atoms. The van der Waals surface area contributed by atoms with Crippen molar-refractivity contribution < 1.29 is 9.90 Å². The third-order valence-electron chi connectivity index (χ3n) is 4.62. The molecule has 0 fully saturated rings. The molecule has 0 aliphatic heterocycles. The van der Waals surface area contributed by atoms with E-state index in [1.165, 1.54) is 11.1 Å². The maximum Gasteiger partial charge on any atom is 0.168 e. The number of hydrogen-bond acceptors (Lipinski definition) is 3. The summed E-state index contributed by atoms with van der Waals surface area (Å²) in [5.74, 6) is 0.190. The number of aliphatic hydroxyl groups is 1. The van der Waals surface area contributed by atoms with Gasteiger partial charge in [-0.15, -0.1) is 0 Å². The van der Waals surface area contributed by atoms with Crippen LogP contribution in [0, 0.1) is 5.41 Å². The van der Waals surface area contributed by atoms with Gasteiger partial charge in [0, 0.05) is 19.1 Å². The first kappa shape index (κ1) is 15.0. The number of rotatable bonds is 2. The largest absolute Gasteiger partial charge is 0.511 e.